The molecular formula is C11H8N2O2S. The van der Waals surface area contributed by atoms with Gasteiger partial charge >= 0.3 is 0 Å². The van der Waals surface area contributed by atoms with E-state index in [1.54, 1.807) is 24.3 Å². The molecule has 1 saturated heterocycles. The highest BCUT2D eigenvalue weighted by atomic mass is 32.2. The first-order valence-electron chi connectivity index (χ1n) is 4.67. The van der Waals surface area contributed by atoms with Crippen LogP contribution in [0.3, 0.4) is 0 Å². The van der Waals surface area contributed by atoms with Crippen molar-refractivity contribution in [3.8, 4) is 6.07 Å². The molecule has 4 nitrogen and oxygen atoms in total. The molecule has 0 bridgehead atoms. The summed E-state index contributed by atoms with van der Waals surface area (Å²) in [6.07, 6.45) is 0. The van der Waals surface area contributed by atoms with Crippen LogP contribution in [0, 0.1) is 11.3 Å². The third-order valence-corrected chi connectivity index (χ3v) is 3.10. The second-order valence-electron chi connectivity index (χ2n) is 3.35. The number of thioether (sulfide) groups is 1. The quantitative estimate of drug-likeness (QED) is 0.779. The first-order valence-corrected chi connectivity index (χ1v) is 5.65. The number of carbonyl (C=O) groups is 2. The number of nitriles is 1. The van der Waals surface area contributed by atoms with Crippen LogP contribution in [0.4, 0.5) is 4.79 Å². The van der Waals surface area contributed by atoms with Gasteiger partial charge in [0.2, 0.25) is 5.91 Å². The largest absolute Gasteiger partial charge is 0.289 e. The summed E-state index contributed by atoms with van der Waals surface area (Å²) in [7, 11) is 0. The highest BCUT2D eigenvalue weighted by Crippen LogP contribution is 2.21. The predicted octanol–water partition coefficient (Wildman–Crippen LogP) is 1.75. The number of amides is 2. The van der Waals surface area contributed by atoms with Crippen LogP contribution in [0.5, 0.6) is 0 Å². The van der Waals surface area contributed by atoms with Crippen LogP contribution in [0.1, 0.15) is 11.1 Å². The fourth-order valence-corrected chi connectivity index (χ4v) is 2.18. The number of benzene rings is 1. The Bertz CT molecular complexity index is 477. The fraction of sp³-hybridized carbons (Fsp3) is 0.182. The molecule has 0 aromatic heterocycles. The summed E-state index contributed by atoms with van der Waals surface area (Å²) in [5, 5.41) is 8.51. The first-order chi connectivity index (χ1) is 7.70. The minimum atomic E-state index is -0.215. The molecule has 0 N–H and O–H groups in total. The summed E-state index contributed by atoms with van der Waals surface area (Å²) in [6.45, 7) is 0.250. The Morgan fingerprint density at radius 3 is 2.88 bits per heavy atom. The van der Waals surface area contributed by atoms with Crippen LogP contribution in [-0.2, 0) is 11.3 Å². The number of rotatable bonds is 2. The molecule has 80 valence electrons. The Labute approximate surface area is 96.8 Å². The zero-order valence-electron chi connectivity index (χ0n) is 8.34. The van der Waals surface area contributed by atoms with Gasteiger partial charge in [0.25, 0.3) is 5.24 Å². The van der Waals surface area contributed by atoms with E-state index >= 15 is 0 Å². The molecule has 0 unspecified atom stereocenters. The van der Waals surface area contributed by atoms with Crippen LogP contribution < -0.4 is 0 Å². The lowest BCUT2D eigenvalue weighted by atomic mass is 10.1. The topological polar surface area (TPSA) is 61.2 Å². The summed E-state index contributed by atoms with van der Waals surface area (Å²) >= 11 is 1.02. The normalized spacial score (nSPS) is 15.3. The number of hydrogen-bond donors (Lipinski definition) is 0. The SMILES string of the molecule is N#Cc1cccc(CN2C(=O)CSC2=O)c1. The van der Waals surface area contributed by atoms with E-state index in [2.05, 4.69) is 0 Å². The van der Waals surface area contributed by atoms with Crippen molar-refractivity contribution < 1.29 is 9.59 Å². The number of nitrogens with zero attached hydrogens (tertiary/aromatic N) is 2. The van der Waals surface area contributed by atoms with Crippen molar-refractivity contribution in [1.29, 1.82) is 5.26 Å². The van der Waals surface area contributed by atoms with Crippen molar-refractivity contribution in [3.05, 3.63) is 35.4 Å². The predicted molar refractivity (Wildman–Crippen MR) is 59.6 cm³/mol. The molecule has 0 aliphatic carbocycles. The van der Waals surface area contributed by atoms with Gasteiger partial charge in [-0.1, -0.05) is 23.9 Å². The van der Waals surface area contributed by atoms with Gasteiger partial charge in [-0.15, -0.1) is 0 Å². The fourth-order valence-electron chi connectivity index (χ4n) is 1.46. The molecule has 0 atom stereocenters. The van der Waals surface area contributed by atoms with Gasteiger partial charge in [0, 0.05) is 0 Å². The number of carbonyl (C=O) groups excluding carboxylic acids is 2. The molecule has 5 heteroatoms. The first kappa shape index (κ1) is 10.7. The lowest BCUT2D eigenvalue weighted by Gasteiger charge is -2.12. The van der Waals surface area contributed by atoms with Gasteiger partial charge in [-0.3, -0.25) is 14.5 Å². The highest BCUT2D eigenvalue weighted by Gasteiger charge is 2.29. The lowest BCUT2D eigenvalue weighted by Crippen LogP contribution is -2.27. The average molecular weight is 232 g/mol. The molecule has 1 aromatic carbocycles. The van der Waals surface area contributed by atoms with Gasteiger partial charge in [0.15, 0.2) is 0 Å². The standard InChI is InChI=1S/C11H8N2O2S/c12-5-8-2-1-3-9(4-8)6-13-10(14)7-16-11(13)15/h1-4H,6-7H2. The zero-order valence-corrected chi connectivity index (χ0v) is 9.16. The van der Waals surface area contributed by atoms with E-state index in [0.29, 0.717) is 5.56 Å². The third kappa shape index (κ3) is 2.07. The summed E-state index contributed by atoms with van der Waals surface area (Å²) in [4.78, 5) is 23.9. The molecular weight excluding hydrogens is 224 g/mol. The third-order valence-electron chi connectivity index (χ3n) is 2.24. The van der Waals surface area contributed by atoms with Crippen molar-refractivity contribution in [2.45, 2.75) is 6.54 Å². The summed E-state index contributed by atoms with van der Waals surface area (Å²) in [6, 6.07) is 8.93. The Kier molecular flexibility index (Phi) is 2.93. The van der Waals surface area contributed by atoms with E-state index in [4.69, 9.17) is 5.26 Å². The van der Waals surface area contributed by atoms with Crippen molar-refractivity contribution in [2.75, 3.05) is 5.75 Å². The smallest absolute Gasteiger partial charge is 0.273 e. The van der Waals surface area contributed by atoms with E-state index in [1.165, 1.54) is 4.90 Å². The van der Waals surface area contributed by atoms with Crippen LogP contribution in [0.15, 0.2) is 24.3 Å². The molecule has 2 rings (SSSR count). The van der Waals surface area contributed by atoms with E-state index in [1.807, 2.05) is 6.07 Å². The maximum atomic E-state index is 11.4. The van der Waals surface area contributed by atoms with Crippen LogP contribution in [-0.4, -0.2) is 21.8 Å². The lowest BCUT2D eigenvalue weighted by molar-refractivity contribution is -0.125. The van der Waals surface area contributed by atoms with Crippen molar-refractivity contribution in [2.24, 2.45) is 0 Å². The second kappa shape index (κ2) is 4.37. The van der Waals surface area contributed by atoms with Crippen molar-refractivity contribution >= 4 is 22.9 Å². The van der Waals surface area contributed by atoms with Gasteiger partial charge < -0.3 is 0 Å². The maximum absolute atomic E-state index is 11.4. The second-order valence-corrected chi connectivity index (χ2v) is 4.27. The minimum absolute atomic E-state index is 0.169. The maximum Gasteiger partial charge on any atom is 0.289 e. The minimum Gasteiger partial charge on any atom is -0.273 e. The highest BCUT2D eigenvalue weighted by molar-refractivity contribution is 8.14. The Morgan fingerprint density at radius 2 is 2.25 bits per heavy atom. The summed E-state index contributed by atoms with van der Waals surface area (Å²) < 4.78 is 0. The Balaban J connectivity index is 2.18. The molecule has 0 saturated carbocycles. The average Bonchev–Trinajstić information content (AvgIpc) is 2.61. The van der Waals surface area contributed by atoms with Crippen molar-refractivity contribution in [1.82, 2.24) is 4.90 Å². The molecule has 1 fully saturated rings. The zero-order chi connectivity index (χ0) is 11.5. The van der Waals surface area contributed by atoms with E-state index in [9.17, 15) is 9.59 Å². The molecule has 2 amide bonds. The molecule has 0 radical (unpaired) electrons. The van der Waals surface area contributed by atoms with Gasteiger partial charge in [-0.25, -0.2) is 0 Å². The molecule has 16 heavy (non-hydrogen) atoms. The molecule has 1 aliphatic heterocycles. The molecule has 1 aromatic rings. The van der Waals surface area contributed by atoms with Gasteiger partial charge in [0.1, 0.15) is 0 Å². The number of imide groups is 1. The molecule has 1 heterocycles. The van der Waals surface area contributed by atoms with Crippen molar-refractivity contribution in [3.63, 3.8) is 0 Å². The van der Waals surface area contributed by atoms with Gasteiger partial charge in [-0.05, 0) is 17.7 Å². The van der Waals surface area contributed by atoms with E-state index in [0.717, 1.165) is 17.3 Å². The Hall–Kier alpha value is -1.80. The van der Waals surface area contributed by atoms with E-state index in [-0.39, 0.29) is 23.4 Å². The Morgan fingerprint density at radius 1 is 1.44 bits per heavy atom. The van der Waals surface area contributed by atoms with E-state index < -0.39 is 0 Å². The van der Waals surface area contributed by atoms with Crippen LogP contribution >= 0.6 is 11.8 Å². The van der Waals surface area contributed by atoms with Crippen LogP contribution in [0.25, 0.3) is 0 Å². The van der Waals surface area contributed by atoms with Gasteiger partial charge in [0.05, 0.1) is 23.9 Å². The number of hydrogen-bond acceptors (Lipinski definition) is 4. The summed E-state index contributed by atoms with van der Waals surface area (Å²) in [5.41, 5.74) is 1.33. The molecule has 0 spiro atoms. The summed E-state index contributed by atoms with van der Waals surface area (Å²) in [5.74, 6) is 0.0499. The molecule has 1 aliphatic rings. The van der Waals surface area contributed by atoms with Gasteiger partial charge in [-0.2, -0.15) is 5.26 Å². The monoisotopic (exact) mass is 232 g/mol. The van der Waals surface area contributed by atoms with Crippen LogP contribution in [0.2, 0.25) is 0 Å².